The fourth-order valence-electron chi connectivity index (χ4n) is 3.78. The summed E-state index contributed by atoms with van der Waals surface area (Å²) >= 11 is 0. The number of nitrogens with one attached hydrogen (secondary N) is 1. The van der Waals surface area contributed by atoms with Gasteiger partial charge in [0.15, 0.2) is 0 Å². The first-order valence-corrected chi connectivity index (χ1v) is 9.26. The highest BCUT2D eigenvalue weighted by Crippen LogP contribution is 2.19. The van der Waals surface area contributed by atoms with E-state index in [9.17, 15) is 9.18 Å². The summed E-state index contributed by atoms with van der Waals surface area (Å²) in [6.07, 6.45) is 0. The zero-order chi connectivity index (χ0) is 18.0. The molecule has 0 aromatic heterocycles. The van der Waals surface area contributed by atoms with Crippen molar-refractivity contribution in [3.63, 3.8) is 0 Å². The molecule has 8 heteroatoms. The van der Waals surface area contributed by atoms with Gasteiger partial charge < -0.3 is 15.1 Å². The van der Waals surface area contributed by atoms with E-state index in [1.807, 2.05) is 24.0 Å². The number of piperazine rings is 2. The molecule has 27 heavy (non-hydrogen) atoms. The largest absolute Gasteiger partial charge is 0.369 e. The molecule has 3 atom stereocenters. The van der Waals surface area contributed by atoms with Gasteiger partial charge in [-0.1, -0.05) is 0 Å². The third-order valence-corrected chi connectivity index (χ3v) is 5.73. The first-order valence-electron chi connectivity index (χ1n) is 9.26. The number of rotatable bonds is 3. The van der Waals surface area contributed by atoms with E-state index in [-0.39, 0.29) is 48.6 Å². The van der Waals surface area contributed by atoms with Crippen molar-refractivity contribution in [2.24, 2.45) is 0 Å². The predicted molar refractivity (Wildman–Crippen MR) is 113 cm³/mol. The maximum absolute atomic E-state index is 13.1. The summed E-state index contributed by atoms with van der Waals surface area (Å²) in [6.45, 7) is 11.3. The van der Waals surface area contributed by atoms with E-state index in [1.165, 1.54) is 12.1 Å². The van der Waals surface area contributed by atoms with Gasteiger partial charge in [-0.2, -0.15) is 0 Å². The quantitative estimate of drug-likeness (QED) is 0.814. The van der Waals surface area contributed by atoms with Crippen LogP contribution in [0.4, 0.5) is 10.1 Å². The third-order valence-electron chi connectivity index (χ3n) is 5.73. The summed E-state index contributed by atoms with van der Waals surface area (Å²) in [7, 11) is 0. The van der Waals surface area contributed by atoms with E-state index in [4.69, 9.17) is 0 Å². The normalized spacial score (nSPS) is 24.6. The minimum atomic E-state index is -0.207. The number of hydrogen-bond donors (Lipinski definition) is 1. The molecule has 2 aliphatic heterocycles. The Balaban J connectivity index is 0.00000182. The van der Waals surface area contributed by atoms with Gasteiger partial charge in [0.25, 0.3) is 0 Å². The topological polar surface area (TPSA) is 38.8 Å². The molecule has 3 unspecified atom stereocenters. The Labute approximate surface area is 174 Å². The van der Waals surface area contributed by atoms with Crippen LogP contribution in [-0.2, 0) is 4.79 Å². The molecule has 2 heterocycles. The molecular formula is C19H31Cl2FN4O. The molecule has 0 radical (unpaired) electrons. The van der Waals surface area contributed by atoms with Gasteiger partial charge in [-0.3, -0.25) is 9.69 Å². The van der Waals surface area contributed by atoms with E-state index in [2.05, 4.69) is 29.0 Å². The zero-order valence-electron chi connectivity index (χ0n) is 16.2. The van der Waals surface area contributed by atoms with Crippen molar-refractivity contribution in [2.75, 3.05) is 44.2 Å². The molecule has 2 saturated heterocycles. The lowest BCUT2D eigenvalue weighted by molar-refractivity contribution is -0.140. The molecule has 2 aliphatic rings. The highest BCUT2D eigenvalue weighted by molar-refractivity contribution is 5.85. The van der Waals surface area contributed by atoms with Crippen molar-refractivity contribution in [1.29, 1.82) is 0 Å². The van der Waals surface area contributed by atoms with E-state index < -0.39 is 0 Å². The second kappa shape index (κ2) is 10.5. The van der Waals surface area contributed by atoms with Crippen molar-refractivity contribution < 1.29 is 9.18 Å². The first kappa shape index (κ1) is 24.0. The number of hydrogen-bond acceptors (Lipinski definition) is 4. The predicted octanol–water partition coefficient (Wildman–Crippen LogP) is 2.39. The fraction of sp³-hybridized carbons (Fsp3) is 0.632. The van der Waals surface area contributed by atoms with Crippen molar-refractivity contribution in [2.45, 2.75) is 38.9 Å². The maximum atomic E-state index is 13.1. The fourth-order valence-corrected chi connectivity index (χ4v) is 3.78. The molecule has 5 nitrogen and oxygen atoms in total. The van der Waals surface area contributed by atoms with Crippen LogP contribution >= 0.6 is 24.8 Å². The molecule has 154 valence electrons. The number of carbonyl (C=O) groups excluding carboxylic acids is 1. The Bertz CT molecular complexity index is 596. The van der Waals surface area contributed by atoms with Gasteiger partial charge in [0.1, 0.15) is 5.82 Å². The van der Waals surface area contributed by atoms with Gasteiger partial charge in [0, 0.05) is 57.0 Å². The monoisotopic (exact) mass is 420 g/mol. The van der Waals surface area contributed by atoms with Crippen LogP contribution in [0.15, 0.2) is 24.3 Å². The lowest BCUT2D eigenvalue weighted by atomic mass is 10.1. The molecule has 0 saturated carbocycles. The Morgan fingerprint density at radius 2 is 1.67 bits per heavy atom. The molecular weight excluding hydrogens is 390 g/mol. The molecule has 0 bridgehead atoms. The first-order chi connectivity index (χ1) is 12.0. The third kappa shape index (κ3) is 5.47. The summed E-state index contributed by atoms with van der Waals surface area (Å²) in [5.41, 5.74) is 1.05. The lowest BCUT2D eigenvalue weighted by Gasteiger charge is -2.43. The summed E-state index contributed by atoms with van der Waals surface area (Å²) < 4.78 is 13.1. The standard InChI is InChI=1S/C19H29FN4O.2ClH/c1-14-15(2)24(9-8-21-14)19(25)16(3)22-10-12-23(13-11-22)18-6-4-17(20)5-7-18;;/h4-7,14-16,21H,8-13H2,1-3H3;2*1H. The maximum Gasteiger partial charge on any atom is 0.239 e. The number of amides is 1. The van der Waals surface area contributed by atoms with E-state index in [0.29, 0.717) is 6.04 Å². The molecule has 2 fully saturated rings. The van der Waals surface area contributed by atoms with Gasteiger partial charge >= 0.3 is 0 Å². The summed E-state index contributed by atoms with van der Waals surface area (Å²) in [4.78, 5) is 19.5. The summed E-state index contributed by atoms with van der Waals surface area (Å²) in [6, 6.07) is 7.11. The molecule has 1 amide bonds. The van der Waals surface area contributed by atoms with Crippen molar-refractivity contribution in [1.82, 2.24) is 15.1 Å². The van der Waals surface area contributed by atoms with Gasteiger partial charge in [0.2, 0.25) is 5.91 Å². The van der Waals surface area contributed by atoms with Crippen LogP contribution < -0.4 is 10.2 Å². The van der Waals surface area contributed by atoms with Crippen molar-refractivity contribution in [3.05, 3.63) is 30.1 Å². The van der Waals surface area contributed by atoms with E-state index in [1.54, 1.807) is 0 Å². The van der Waals surface area contributed by atoms with Gasteiger partial charge in [-0.05, 0) is 45.0 Å². The Morgan fingerprint density at radius 1 is 1.07 bits per heavy atom. The SMILES string of the molecule is CC1NCCN(C(=O)C(C)N2CCN(c3ccc(F)cc3)CC2)C1C.Cl.Cl. The van der Waals surface area contributed by atoms with Crippen LogP contribution in [0.5, 0.6) is 0 Å². The number of anilines is 1. The van der Waals surface area contributed by atoms with Crippen molar-refractivity contribution >= 4 is 36.4 Å². The van der Waals surface area contributed by atoms with Crippen LogP contribution in [0.25, 0.3) is 0 Å². The smallest absolute Gasteiger partial charge is 0.239 e. The van der Waals surface area contributed by atoms with Gasteiger partial charge in [0.05, 0.1) is 6.04 Å². The highest BCUT2D eigenvalue weighted by atomic mass is 35.5. The minimum absolute atomic E-state index is 0. The summed E-state index contributed by atoms with van der Waals surface area (Å²) in [5.74, 6) is 0.0251. The van der Waals surface area contributed by atoms with Crippen molar-refractivity contribution in [3.8, 4) is 0 Å². The Kier molecular flexibility index (Phi) is 9.28. The van der Waals surface area contributed by atoms with E-state index >= 15 is 0 Å². The van der Waals surface area contributed by atoms with Gasteiger partial charge in [-0.25, -0.2) is 4.39 Å². The number of halogens is 3. The Morgan fingerprint density at radius 3 is 2.26 bits per heavy atom. The number of carbonyl (C=O) groups is 1. The highest BCUT2D eigenvalue weighted by Gasteiger charge is 2.34. The van der Waals surface area contributed by atoms with Crippen LogP contribution in [-0.4, -0.2) is 73.1 Å². The molecule has 0 spiro atoms. The molecule has 1 aromatic carbocycles. The van der Waals surface area contributed by atoms with Crippen LogP contribution in [0.1, 0.15) is 20.8 Å². The average molecular weight is 421 g/mol. The Hall–Kier alpha value is -1.08. The summed E-state index contributed by atoms with van der Waals surface area (Å²) in [5, 5.41) is 3.42. The number of nitrogens with zero attached hydrogens (tertiary/aromatic N) is 3. The van der Waals surface area contributed by atoms with E-state index in [0.717, 1.165) is 45.0 Å². The lowest BCUT2D eigenvalue weighted by Crippen LogP contribution is -2.62. The van der Waals surface area contributed by atoms with Crippen LogP contribution in [0, 0.1) is 5.82 Å². The molecule has 1 aromatic rings. The van der Waals surface area contributed by atoms with Crippen LogP contribution in [0.3, 0.4) is 0 Å². The number of benzene rings is 1. The minimum Gasteiger partial charge on any atom is -0.369 e. The zero-order valence-corrected chi connectivity index (χ0v) is 17.9. The second-order valence-electron chi connectivity index (χ2n) is 7.19. The molecule has 3 rings (SSSR count). The average Bonchev–Trinajstić information content (AvgIpc) is 2.64. The molecule has 1 N–H and O–H groups in total. The molecule has 0 aliphatic carbocycles. The van der Waals surface area contributed by atoms with Gasteiger partial charge in [-0.15, -0.1) is 24.8 Å². The second-order valence-corrected chi connectivity index (χ2v) is 7.19. The van der Waals surface area contributed by atoms with Crippen LogP contribution in [0.2, 0.25) is 0 Å².